The third-order valence-corrected chi connectivity index (χ3v) is 5.20. The number of nitrogens with zero attached hydrogens (tertiary/aromatic N) is 2. The molecule has 3 aliphatic rings. The number of hydrogen-bond donors (Lipinski definition) is 0. The monoisotopic (exact) mass is 292 g/mol. The first-order valence-corrected chi connectivity index (χ1v) is 8.29. The molecule has 2 heterocycles. The topological polar surface area (TPSA) is 6.48 Å². The fourth-order valence-electron chi connectivity index (χ4n) is 4.16. The van der Waals surface area contributed by atoms with Crippen LogP contribution in [0, 0.1) is 0 Å². The Morgan fingerprint density at radius 2 is 1.64 bits per heavy atom. The molecule has 2 bridgehead atoms. The van der Waals surface area contributed by atoms with Gasteiger partial charge in [0.05, 0.1) is 6.04 Å². The molecule has 2 aromatic carbocycles. The summed E-state index contributed by atoms with van der Waals surface area (Å²) in [6.07, 6.45) is 1.18. The smallest absolute Gasteiger partial charge is 0.0607 e. The van der Waals surface area contributed by atoms with Crippen LogP contribution < -0.4 is 0 Å². The van der Waals surface area contributed by atoms with Crippen molar-refractivity contribution >= 4 is 0 Å². The molecule has 0 aromatic heterocycles. The van der Waals surface area contributed by atoms with Crippen molar-refractivity contribution in [2.45, 2.75) is 18.4 Å². The fraction of sp³-hybridized carbons (Fsp3) is 0.400. The van der Waals surface area contributed by atoms with Crippen molar-refractivity contribution in [1.29, 1.82) is 0 Å². The molecule has 0 saturated heterocycles. The quantitative estimate of drug-likeness (QED) is 0.856. The van der Waals surface area contributed by atoms with Gasteiger partial charge in [0.2, 0.25) is 0 Å². The van der Waals surface area contributed by atoms with E-state index in [0.29, 0.717) is 12.0 Å². The summed E-state index contributed by atoms with van der Waals surface area (Å²) >= 11 is 0. The zero-order valence-electron chi connectivity index (χ0n) is 13.5. The molecule has 0 saturated carbocycles. The van der Waals surface area contributed by atoms with E-state index >= 15 is 0 Å². The lowest BCUT2D eigenvalue weighted by molar-refractivity contribution is 0.182. The van der Waals surface area contributed by atoms with Crippen LogP contribution in [0.25, 0.3) is 0 Å². The van der Waals surface area contributed by atoms with Crippen LogP contribution in [0.1, 0.15) is 34.2 Å². The molecule has 0 spiro atoms. The summed E-state index contributed by atoms with van der Waals surface area (Å²) in [5, 5.41) is 0. The molecule has 1 aliphatic carbocycles. The lowest BCUT2D eigenvalue weighted by atomic mass is 9.85. The van der Waals surface area contributed by atoms with Gasteiger partial charge in [-0.25, -0.2) is 0 Å². The van der Waals surface area contributed by atoms with Crippen LogP contribution in [0.15, 0.2) is 48.5 Å². The van der Waals surface area contributed by atoms with Crippen LogP contribution in [0.4, 0.5) is 0 Å². The van der Waals surface area contributed by atoms with Gasteiger partial charge in [0, 0.05) is 25.6 Å². The highest BCUT2D eigenvalue weighted by Crippen LogP contribution is 2.45. The SMILES string of the molecule is CN(C)CCN1C[C@H]2Cc3ccccc3[C@@H]1c1ccccc12. The molecule has 2 atom stereocenters. The van der Waals surface area contributed by atoms with E-state index in [1.54, 1.807) is 11.1 Å². The predicted molar refractivity (Wildman–Crippen MR) is 91.3 cm³/mol. The second kappa shape index (κ2) is 5.53. The summed E-state index contributed by atoms with van der Waals surface area (Å²) in [6, 6.07) is 18.6. The fourth-order valence-corrected chi connectivity index (χ4v) is 4.16. The Morgan fingerprint density at radius 3 is 2.41 bits per heavy atom. The van der Waals surface area contributed by atoms with Gasteiger partial charge in [0.1, 0.15) is 0 Å². The largest absolute Gasteiger partial charge is 0.308 e. The molecule has 5 rings (SSSR count). The first kappa shape index (κ1) is 14.0. The molecule has 0 N–H and O–H groups in total. The summed E-state index contributed by atoms with van der Waals surface area (Å²) < 4.78 is 0. The van der Waals surface area contributed by atoms with E-state index in [1.807, 2.05) is 0 Å². The molecule has 22 heavy (non-hydrogen) atoms. The zero-order valence-corrected chi connectivity index (χ0v) is 13.5. The Balaban J connectivity index is 1.81. The van der Waals surface area contributed by atoms with E-state index in [9.17, 15) is 0 Å². The Labute approximate surface area is 133 Å². The van der Waals surface area contributed by atoms with E-state index in [1.165, 1.54) is 24.1 Å². The van der Waals surface area contributed by atoms with Gasteiger partial charge in [0.15, 0.2) is 0 Å². The second-order valence-electron chi connectivity index (χ2n) is 6.93. The van der Waals surface area contributed by atoms with Crippen LogP contribution in [-0.4, -0.2) is 43.5 Å². The highest BCUT2D eigenvalue weighted by Gasteiger charge is 2.37. The molecule has 0 fully saturated rings. The van der Waals surface area contributed by atoms with Gasteiger partial charge in [0.25, 0.3) is 0 Å². The normalized spacial score (nSPS) is 23.2. The molecule has 2 nitrogen and oxygen atoms in total. The van der Waals surface area contributed by atoms with Crippen molar-refractivity contribution in [1.82, 2.24) is 9.80 Å². The van der Waals surface area contributed by atoms with Crippen LogP contribution >= 0.6 is 0 Å². The standard InChI is InChI=1S/C20H24N2/c1-21(2)11-12-22-14-16-13-15-7-3-4-9-18(15)20(22)19-10-6-5-8-17(16)19/h3-10,16,20H,11-14H2,1-2H3/t16-,20-/m1/s1. The highest BCUT2D eigenvalue weighted by atomic mass is 15.2. The van der Waals surface area contributed by atoms with Crippen molar-refractivity contribution < 1.29 is 0 Å². The zero-order chi connectivity index (χ0) is 15.1. The average molecular weight is 292 g/mol. The third kappa shape index (κ3) is 2.27. The van der Waals surface area contributed by atoms with Crippen LogP contribution in [0.5, 0.6) is 0 Å². The molecule has 2 aromatic rings. The number of fused-ring (bicyclic) bond motifs is 1. The maximum absolute atomic E-state index is 2.69. The van der Waals surface area contributed by atoms with Crippen LogP contribution in [0.3, 0.4) is 0 Å². The minimum absolute atomic E-state index is 0.436. The predicted octanol–water partition coefficient (Wildman–Crippen LogP) is 3.29. The summed E-state index contributed by atoms with van der Waals surface area (Å²) in [7, 11) is 4.33. The van der Waals surface area contributed by atoms with Crippen LogP contribution in [-0.2, 0) is 6.42 Å². The van der Waals surface area contributed by atoms with Crippen LogP contribution in [0.2, 0.25) is 0 Å². The lowest BCUT2D eigenvalue weighted by Gasteiger charge is -2.39. The average Bonchev–Trinajstić information content (AvgIpc) is 2.78. The Hall–Kier alpha value is -1.64. The van der Waals surface area contributed by atoms with E-state index < -0.39 is 0 Å². The van der Waals surface area contributed by atoms with Gasteiger partial charge in [-0.15, -0.1) is 0 Å². The van der Waals surface area contributed by atoms with Gasteiger partial charge in [-0.05, 0) is 42.8 Å². The van der Waals surface area contributed by atoms with E-state index in [2.05, 4.69) is 72.4 Å². The molecule has 2 heteroatoms. The molecule has 0 unspecified atom stereocenters. The van der Waals surface area contributed by atoms with Crippen molar-refractivity contribution in [3.8, 4) is 0 Å². The summed E-state index contributed by atoms with van der Waals surface area (Å²) in [5.74, 6) is 0.637. The number of likely N-dealkylation sites (N-methyl/N-ethyl adjacent to an activating group) is 1. The summed E-state index contributed by atoms with van der Waals surface area (Å²) in [6.45, 7) is 3.44. The maximum Gasteiger partial charge on any atom is 0.0607 e. The lowest BCUT2D eigenvalue weighted by Crippen LogP contribution is -2.40. The minimum Gasteiger partial charge on any atom is -0.308 e. The van der Waals surface area contributed by atoms with Crippen molar-refractivity contribution in [2.75, 3.05) is 33.7 Å². The highest BCUT2D eigenvalue weighted by molar-refractivity contribution is 5.48. The van der Waals surface area contributed by atoms with E-state index in [0.717, 1.165) is 13.1 Å². The van der Waals surface area contributed by atoms with Gasteiger partial charge in [-0.2, -0.15) is 0 Å². The second-order valence-corrected chi connectivity index (χ2v) is 6.93. The molecule has 2 aliphatic heterocycles. The van der Waals surface area contributed by atoms with E-state index in [-0.39, 0.29) is 0 Å². The molecule has 114 valence electrons. The Kier molecular flexibility index (Phi) is 3.51. The summed E-state index contributed by atoms with van der Waals surface area (Å²) in [5.41, 5.74) is 6.17. The third-order valence-electron chi connectivity index (χ3n) is 5.20. The Morgan fingerprint density at radius 1 is 0.955 bits per heavy atom. The number of benzene rings is 2. The maximum atomic E-state index is 2.69. The number of hydrogen-bond acceptors (Lipinski definition) is 2. The minimum atomic E-state index is 0.436. The first-order chi connectivity index (χ1) is 10.7. The van der Waals surface area contributed by atoms with Crippen molar-refractivity contribution in [3.05, 3.63) is 70.8 Å². The van der Waals surface area contributed by atoms with Gasteiger partial charge >= 0.3 is 0 Å². The van der Waals surface area contributed by atoms with Gasteiger partial charge in [-0.3, -0.25) is 4.90 Å². The molecular weight excluding hydrogens is 268 g/mol. The van der Waals surface area contributed by atoms with Gasteiger partial charge in [-0.1, -0.05) is 48.5 Å². The Bertz CT molecular complexity index is 677. The summed E-state index contributed by atoms with van der Waals surface area (Å²) in [4.78, 5) is 4.98. The van der Waals surface area contributed by atoms with E-state index in [4.69, 9.17) is 0 Å². The molecule has 0 radical (unpaired) electrons. The first-order valence-electron chi connectivity index (χ1n) is 8.29. The van der Waals surface area contributed by atoms with Crippen molar-refractivity contribution in [3.63, 3.8) is 0 Å². The molecular formula is C20H24N2. The van der Waals surface area contributed by atoms with Gasteiger partial charge < -0.3 is 4.90 Å². The van der Waals surface area contributed by atoms with Crippen molar-refractivity contribution in [2.24, 2.45) is 0 Å². The molecule has 0 amide bonds. The number of rotatable bonds is 3.